The van der Waals surface area contributed by atoms with Crippen LogP contribution in [-0.2, 0) is 14.6 Å². The first-order chi connectivity index (χ1) is 7.44. The summed E-state index contributed by atoms with van der Waals surface area (Å²) in [4.78, 5) is 9.89. The monoisotopic (exact) mass is 243 g/mol. The number of rotatable bonds is 1. The molecule has 5 nitrogen and oxygen atoms in total. The molecule has 2 fully saturated rings. The number of hydrogen-bond donors (Lipinski definition) is 2. The molecule has 0 amide bonds. The number of hydrogen-bond acceptors (Lipinski definition) is 4. The lowest BCUT2D eigenvalue weighted by Crippen LogP contribution is -2.46. The second kappa shape index (κ2) is 3.47. The Balaban J connectivity index is 2.48. The van der Waals surface area contributed by atoms with Gasteiger partial charge in [0, 0.05) is 0 Å². The highest BCUT2D eigenvalue weighted by Crippen LogP contribution is 2.42. The summed E-state index contributed by atoms with van der Waals surface area (Å²) in [6, 6.07) is -1.17. The first kappa shape index (κ1) is 11.4. The van der Waals surface area contributed by atoms with Crippen molar-refractivity contribution in [2.45, 2.75) is 41.8 Å². The largest absolute Gasteiger partial charge is 0.480 e. The van der Waals surface area contributed by atoms with Crippen LogP contribution in [0.3, 0.4) is 0 Å². The normalized spacial score (nSPS) is 34.9. The van der Waals surface area contributed by atoms with Crippen molar-refractivity contribution < 1.29 is 18.3 Å². The molecule has 2 rings (SSSR count). The molecule has 6 heteroatoms. The van der Waals surface area contributed by atoms with Crippen molar-refractivity contribution in [3.8, 4) is 12.3 Å². The highest BCUT2D eigenvalue weighted by molar-refractivity contribution is 7.94. The van der Waals surface area contributed by atoms with Crippen LogP contribution in [0.1, 0.15) is 25.7 Å². The van der Waals surface area contributed by atoms with Crippen LogP contribution < -0.4 is 5.32 Å². The Labute approximate surface area is 94.1 Å². The molecule has 1 aliphatic heterocycles. The number of carboxylic acid groups (broad SMARTS) is 1. The van der Waals surface area contributed by atoms with Crippen molar-refractivity contribution in [3.63, 3.8) is 0 Å². The third kappa shape index (κ3) is 1.28. The third-order valence-electron chi connectivity index (χ3n) is 3.44. The zero-order chi connectivity index (χ0) is 12.0. The van der Waals surface area contributed by atoms with Gasteiger partial charge in [0.1, 0.15) is 16.2 Å². The van der Waals surface area contributed by atoms with Crippen LogP contribution in [0.25, 0.3) is 0 Å². The quantitative estimate of drug-likeness (QED) is 0.619. The number of carbonyl (C=O) groups is 1. The summed E-state index contributed by atoms with van der Waals surface area (Å²) < 4.78 is 24.4. The second-order valence-corrected chi connectivity index (χ2v) is 6.67. The molecule has 0 unspecified atom stereocenters. The molecule has 1 spiro atoms. The lowest BCUT2D eigenvalue weighted by Gasteiger charge is -2.22. The smallest absolute Gasteiger partial charge is 0.323 e. The van der Waals surface area contributed by atoms with Crippen LogP contribution in [-0.4, -0.2) is 35.7 Å². The minimum Gasteiger partial charge on any atom is -0.480 e. The molecule has 0 radical (unpaired) electrons. The van der Waals surface area contributed by atoms with E-state index in [-0.39, 0.29) is 0 Å². The number of nitrogens with one attached hydrogen (secondary N) is 1. The first-order valence-corrected chi connectivity index (χ1v) is 6.69. The van der Waals surface area contributed by atoms with Crippen LogP contribution in [0, 0.1) is 12.3 Å². The van der Waals surface area contributed by atoms with Gasteiger partial charge in [0.2, 0.25) is 0 Å². The fraction of sp³-hybridized carbons (Fsp3) is 0.700. The lowest BCUT2D eigenvalue weighted by molar-refractivity contribution is -0.139. The van der Waals surface area contributed by atoms with E-state index in [1.807, 2.05) is 0 Å². The van der Waals surface area contributed by atoms with E-state index >= 15 is 0 Å². The molecule has 0 aromatic heterocycles. The van der Waals surface area contributed by atoms with Crippen molar-refractivity contribution in [2.24, 2.45) is 0 Å². The molecular formula is C10H13NO4S. The number of carboxylic acids is 1. The van der Waals surface area contributed by atoms with Gasteiger partial charge in [0.05, 0.1) is 0 Å². The van der Waals surface area contributed by atoms with Crippen LogP contribution in [0.4, 0.5) is 0 Å². The molecule has 1 heterocycles. The maximum absolute atomic E-state index is 12.2. The summed E-state index contributed by atoms with van der Waals surface area (Å²) >= 11 is 0. The van der Waals surface area contributed by atoms with Crippen LogP contribution in [0.5, 0.6) is 0 Å². The van der Waals surface area contributed by atoms with Crippen molar-refractivity contribution >= 4 is 15.8 Å². The lowest BCUT2D eigenvalue weighted by atomic mass is 10.1. The average Bonchev–Trinajstić information content (AvgIpc) is 2.74. The molecule has 2 aliphatic rings. The molecule has 88 valence electrons. The highest BCUT2D eigenvalue weighted by Gasteiger charge is 2.60. The van der Waals surface area contributed by atoms with E-state index in [2.05, 4.69) is 11.2 Å². The zero-order valence-corrected chi connectivity index (χ0v) is 9.46. The van der Waals surface area contributed by atoms with E-state index in [0.717, 1.165) is 12.8 Å². The minimum absolute atomic E-state index is 0.456. The van der Waals surface area contributed by atoms with Gasteiger partial charge in [-0.15, -0.1) is 6.42 Å². The van der Waals surface area contributed by atoms with Gasteiger partial charge in [-0.3, -0.25) is 10.1 Å². The van der Waals surface area contributed by atoms with Crippen LogP contribution >= 0.6 is 0 Å². The summed E-state index contributed by atoms with van der Waals surface area (Å²) in [6.07, 6.45) is 7.64. The van der Waals surface area contributed by atoms with Gasteiger partial charge in [-0.1, -0.05) is 18.8 Å². The van der Waals surface area contributed by atoms with E-state index in [9.17, 15) is 13.2 Å². The number of aliphatic carboxylic acids is 1. The Morgan fingerprint density at radius 1 is 1.44 bits per heavy atom. The van der Waals surface area contributed by atoms with Crippen LogP contribution in [0.15, 0.2) is 0 Å². The Hall–Kier alpha value is -1.06. The van der Waals surface area contributed by atoms with Gasteiger partial charge in [-0.25, -0.2) is 8.42 Å². The molecule has 1 saturated carbocycles. The molecule has 1 saturated heterocycles. The van der Waals surface area contributed by atoms with E-state index in [0.29, 0.717) is 12.8 Å². The Bertz CT molecular complexity index is 456. The summed E-state index contributed by atoms with van der Waals surface area (Å²) in [6.45, 7) is 0. The molecule has 0 aromatic rings. The Kier molecular flexibility index (Phi) is 2.48. The number of terminal acetylenes is 1. The molecular weight excluding hydrogens is 230 g/mol. The molecule has 2 atom stereocenters. The average molecular weight is 243 g/mol. The minimum atomic E-state index is -3.60. The van der Waals surface area contributed by atoms with Gasteiger partial charge in [-0.2, -0.15) is 0 Å². The fourth-order valence-corrected chi connectivity index (χ4v) is 4.97. The first-order valence-electron chi connectivity index (χ1n) is 5.15. The van der Waals surface area contributed by atoms with E-state index < -0.39 is 32.0 Å². The maximum atomic E-state index is 12.2. The highest BCUT2D eigenvalue weighted by atomic mass is 32.2. The second-order valence-electron chi connectivity index (χ2n) is 4.29. The zero-order valence-electron chi connectivity index (χ0n) is 8.64. The Morgan fingerprint density at radius 3 is 2.38 bits per heavy atom. The number of sulfone groups is 1. The SMILES string of the molecule is C#C[C@H]1[C@@H](C(=O)O)NC2(CCCC2)S1(=O)=O. The topological polar surface area (TPSA) is 83.5 Å². The van der Waals surface area contributed by atoms with Gasteiger partial charge in [0.15, 0.2) is 9.84 Å². The molecule has 2 N–H and O–H groups in total. The van der Waals surface area contributed by atoms with E-state index in [1.165, 1.54) is 0 Å². The van der Waals surface area contributed by atoms with Gasteiger partial charge in [0.25, 0.3) is 0 Å². The van der Waals surface area contributed by atoms with Gasteiger partial charge >= 0.3 is 5.97 Å². The summed E-state index contributed by atoms with van der Waals surface area (Å²) in [5.74, 6) is 0.907. The molecule has 0 bridgehead atoms. The summed E-state index contributed by atoms with van der Waals surface area (Å²) in [5, 5.41) is 10.4. The predicted octanol–water partition coefficient (Wildman–Crippen LogP) is -0.270. The standard InChI is InChI=1S/C10H13NO4S/c1-2-7-8(9(12)13)11-10(16(7,14)15)5-3-4-6-10/h1,7-8,11H,3-6H2,(H,12,13)/t7-,8-/m0/s1. The predicted molar refractivity (Wildman–Crippen MR) is 57.3 cm³/mol. The molecule has 16 heavy (non-hydrogen) atoms. The third-order valence-corrected chi connectivity index (χ3v) is 6.13. The molecule has 0 aromatic carbocycles. The van der Waals surface area contributed by atoms with Crippen LogP contribution in [0.2, 0.25) is 0 Å². The summed E-state index contributed by atoms with van der Waals surface area (Å²) in [5.41, 5.74) is 0. The van der Waals surface area contributed by atoms with E-state index in [1.54, 1.807) is 0 Å². The van der Waals surface area contributed by atoms with Crippen molar-refractivity contribution in [3.05, 3.63) is 0 Å². The molecule has 1 aliphatic carbocycles. The van der Waals surface area contributed by atoms with Crippen molar-refractivity contribution in [2.75, 3.05) is 0 Å². The van der Waals surface area contributed by atoms with Crippen molar-refractivity contribution in [1.29, 1.82) is 0 Å². The van der Waals surface area contributed by atoms with Gasteiger partial charge < -0.3 is 5.11 Å². The van der Waals surface area contributed by atoms with Gasteiger partial charge in [-0.05, 0) is 12.8 Å². The van der Waals surface area contributed by atoms with Crippen molar-refractivity contribution in [1.82, 2.24) is 5.32 Å². The van der Waals surface area contributed by atoms with E-state index in [4.69, 9.17) is 11.5 Å². The Morgan fingerprint density at radius 2 is 2.00 bits per heavy atom. The fourth-order valence-electron chi connectivity index (χ4n) is 2.62. The summed E-state index contributed by atoms with van der Waals surface area (Å²) in [7, 11) is -3.60. The maximum Gasteiger partial charge on any atom is 0.323 e.